The molecular formula is C20H15N5O4. The number of nitrogens with zero attached hydrogens (tertiary/aromatic N) is 5. The van der Waals surface area contributed by atoms with E-state index in [-0.39, 0.29) is 16.7 Å². The van der Waals surface area contributed by atoms with Crippen LogP contribution in [0.3, 0.4) is 0 Å². The maximum absolute atomic E-state index is 13.0. The predicted molar refractivity (Wildman–Crippen MR) is 109 cm³/mol. The number of aromatic nitrogens is 5. The van der Waals surface area contributed by atoms with E-state index in [0.29, 0.717) is 16.5 Å². The molecule has 0 saturated heterocycles. The molecule has 0 bridgehead atoms. The van der Waals surface area contributed by atoms with Gasteiger partial charge in [0.2, 0.25) is 0 Å². The summed E-state index contributed by atoms with van der Waals surface area (Å²) in [5, 5.41) is 0.304. The van der Waals surface area contributed by atoms with Crippen LogP contribution in [0.4, 0.5) is 0 Å². The Morgan fingerprint density at radius 3 is 2.10 bits per heavy atom. The first-order chi connectivity index (χ1) is 13.8. The summed E-state index contributed by atoms with van der Waals surface area (Å²) < 4.78 is 4.31. The van der Waals surface area contributed by atoms with Gasteiger partial charge < -0.3 is 0 Å². The van der Waals surface area contributed by atoms with Crippen molar-refractivity contribution < 1.29 is 0 Å². The number of rotatable bonds is 1. The summed E-state index contributed by atoms with van der Waals surface area (Å²) in [5.41, 5.74) is -0.253. The van der Waals surface area contributed by atoms with Gasteiger partial charge in [0.1, 0.15) is 0 Å². The highest BCUT2D eigenvalue weighted by Gasteiger charge is 2.24. The zero-order valence-electron chi connectivity index (χ0n) is 15.8. The lowest BCUT2D eigenvalue weighted by atomic mass is 10.1. The molecule has 9 heteroatoms. The van der Waals surface area contributed by atoms with Crippen LogP contribution >= 0.6 is 0 Å². The summed E-state index contributed by atoms with van der Waals surface area (Å²) in [6, 6.07) is 11.0. The molecule has 0 amide bonds. The highest BCUT2D eigenvalue weighted by Crippen LogP contribution is 2.32. The zero-order valence-corrected chi connectivity index (χ0v) is 15.8. The van der Waals surface area contributed by atoms with E-state index < -0.39 is 22.5 Å². The standard InChI is InChI=1S/C20H15N5O4/c1-22-16-15(18(27)24(3)19(22)28)25-14-12(21-16)9-11(10-7-5-4-6-8-10)13(14)17(26)23(2)20(25)29/h4-9H,1-3H3. The van der Waals surface area contributed by atoms with Gasteiger partial charge in [0, 0.05) is 21.1 Å². The fraction of sp³-hybridized carbons (Fsp3) is 0.150. The average Bonchev–Trinajstić information content (AvgIpc) is 3.12. The lowest BCUT2D eigenvalue weighted by molar-refractivity contribution is 0.698. The Kier molecular flexibility index (Phi) is 3.25. The minimum absolute atomic E-state index is 0.0436. The van der Waals surface area contributed by atoms with Crippen molar-refractivity contribution in [1.29, 1.82) is 0 Å². The quantitative estimate of drug-likeness (QED) is 0.381. The zero-order chi connectivity index (χ0) is 20.6. The molecule has 0 radical (unpaired) electrons. The third-order valence-corrected chi connectivity index (χ3v) is 5.40. The Morgan fingerprint density at radius 2 is 1.41 bits per heavy atom. The van der Waals surface area contributed by atoms with E-state index >= 15 is 0 Å². The van der Waals surface area contributed by atoms with Crippen LogP contribution in [0.1, 0.15) is 0 Å². The first-order valence-electron chi connectivity index (χ1n) is 8.86. The first kappa shape index (κ1) is 17.1. The maximum Gasteiger partial charge on any atom is 0.336 e. The van der Waals surface area contributed by atoms with E-state index in [1.807, 2.05) is 30.3 Å². The fourth-order valence-electron chi connectivity index (χ4n) is 3.87. The predicted octanol–water partition coefficient (Wildman–Crippen LogP) is 0.202. The lowest BCUT2D eigenvalue weighted by Gasteiger charge is -2.11. The fourth-order valence-corrected chi connectivity index (χ4v) is 3.87. The Morgan fingerprint density at radius 1 is 0.759 bits per heavy atom. The van der Waals surface area contributed by atoms with Gasteiger partial charge >= 0.3 is 11.4 Å². The lowest BCUT2D eigenvalue weighted by Crippen LogP contribution is -2.41. The second kappa shape index (κ2) is 5.51. The first-order valence-corrected chi connectivity index (χ1v) is 8.86. The van der Waals surface area contributed by atoms with Gasteiger partial charge in [0.15, 0.2) is 11.2 Å². The largest absolute Gasteiger partial charge is 0.336 e. The Bertz CT molecular complexity index is 1700. The molecule has 5 rings (SSSR count). The van der Waals surface area contributed by atoms with Crippen LogP contribution in [0.15, 0.2) is 55.6 Å². The molecule has 0 unspecified atom stereocenters. The molecule has 5 aromatic rings. The van der Waals surface area contributed by atoms with Gasteiger partial charge in [-0.25, -0.2) is 14.6 Å². The van der Waals surface area contributed by atoms with E-state index in [1.54, 1.807) is 6.07 Å². The minimum atomic E-state index is -0.666. The van der Waals surface area contributed by atoms with Crippen LogP contribution in [0, 0.1) is 0 Å². The van der Waals surface area contributed by atoms with Crippen LogP contribution < -0.4 is 22.5 Å². The van der Waals surface area contributed by atoms with Gasteiger partial charge in [0.25, 0.3) is 11.1 Å². The van der Waals surface area contributed by atoms with E-state index in [0.717, 1.165) is 14.7 Å². The Hall–Kier alpha value is -4.01. The van der Waals surface area contributed by atoms with Gasteiger partial charge in [-0.2, -0.15) is 0 Å². The van der Waals surface area contributed by atoms with E-state index in [1.165, 1.54) is 30.1 Å². The number of hydrogen-bond donors (Lipinski definition) is 0. The number of benzene rings is 1. The van der Waals surface area contributed by atoms with E-state index in [9.17, 15) is 19.2 Å². The molecule has 2 aromatic carbocycles. The third kappa shape index (κ3) is 2.01. The molecule has 0 saturated carbocycles. The molecule has 9 nitrogen and oxygen atoms in total. The molecule has 0 spiro atoms. The molecule has 0 fully saturated rings. The monoisotopic (exact) mass is 389 g/mol. The van der Waals surface area contributed by atoms with Crippen LogP contribution in [0.2, 0.25) is 0 Å². The SMILES string of the molecule is Cn1c(=O)c2c(nc3cc(-c4ccccc4)c4c(=O)n(C)c(=O)n2c34)n(C)c1=O. The van der Waals surface area contributed by atoms with Crippen molar-refractivity contribution in [3.8, 4) is 11.1 Å². The summed E-state index contributed by atoms with van der Waals surface area (Å²) in [6.07, 6.45) is 0. The van der Waals surface area contributed by atoms with Crippen molar-refractivity contribution >= 4 is 27.6 Å². The van der Waals surface area contributed by atoms with Crippen molar-refractivity contribution in [1.82, 2.24) is 23.1 Å². The summed E-state index contributed by atoms with van der Waals surface area (Å²) >= 11 is 0. The smallest absolute Gasteiger partial charge is 0.279 e. The molecule has 0 aliphatic carbocycles. The van der Waals surface area contributed by atoms with Gasteiger partial charge in [0.05, 0.1) is 16.4 Å². The van der Waals surface area contributed by atoms with E-state index in [4.69, 9.17) is 0 Å². The van der Waals surface area contributed by atoms with Crippen LogP contribution in [0.25, 0.3) is 38.7 Å². The van der Waals surface area contributed by atoms with Crippen molar-refractivity contribution in [3.05, 3.63) is 78.1 Å². The van der Waals surface area contributed by atoms with Crippen LogP contribution in [0.5, 0.6) is 0 Å². The summed E-state index contributed by atoms with van der Waals surface area (Å²) in [7, 11) is 4.19. The Labute approximate surface area is 161 Å². The summed E-state index contributed by atoms with van der Waals surface area (Å²) in [6.45, 7) is 0. The summed E-state index contributed by atoms with van der Waals surface area (Å²) in [4.78, 5) is 55.8. The molecule has 0 atom stereocenters. The second-order valence-corrected chi connectivity index (χ2v) is 7.00. The normalized spacial score (nSPS) is 11.8. The number of hydrogen-bond acceptors (Lipinski definition) is 5. The minimum Gasteiger partial charge on any atom is -0.279 e. The van der Waals surface area contributed by atoms with Crippen molar-refractivity contribution in [2.75, 3.05) is 0 Å². The molecule has 3 aromatic heterocycles. The van der Waals surface area contributed by atoms with Gasteiger partial charge in [-0.15, -0.1) is 0 Å². The second-order valence-electron chi connectivity index (χ2n) is 7.00. The van der Waals surface area contributed by atoms with Gasteiger partial charge in [-0.3, -0.25) is 27.7 Å². The number of fused-ring (bicyclic) bond motifs is 2. The molecular weight excluding hydrogens is 374 g/mol. The third-order valence-electron chi connectivity index (χ3n) is 5.40. The van der Waals surface area contributed by atoms with Crippen LogP contribution in [-0.4, -0.2) is 23.1 Å². The van der Waals surface area contributed by atoms with Crippen molar-refractivity contribution in [2.24, 2.45) is 21.1 Å². The molecule has 0 N–H and O–H groups in total. The van der Waals surface area contributed by atoms with E-state index in [2.05, 4.69) is 4.98 Å². The molecule has 0 aliphatic rings. The van der Waals surface area contributed by atoms with Crippen molar-refractivity contribution in [2.45, 2.75) is 0 Å². The topological polar surface area (TPSA) is 100 Å². The van der Waals surface area contributed by atoms with Crippen molar-refractivity contribution in [3.63, 3.8) is 0 Å². The summed E-state index contributed by atoms with van der Waals surface area (Å²) in [5.74, 6) is 0. The maximum atomic E-state index is 13.0. The number of aryl methyl sites for hydroxylation is 1. The Balaban J connectivity index is 2.20. The molecule has 29 heavy (non-hydrogen) atoms. The highest BCUT2D eigenvalue weighted by atomic mass is 16.2. The molecule has 144 valence electrons. The molecule has 3 heterocycles. The van der Waals surface area contributed by atoms with Gasteiger partial charge in [-0.05, 0) is 17.2 Å². The van der Waals surface area contributed by atoms with Crippen LogP contribution in [-0.2, 0) is 21.1 Å². The molecule has 0 aliphatic heterocycles. The average molecular weight is 389 g/mol. The van der Waals surface area contributed by atoms with Gasteiger partial charge in [-0.1, -0.05) is 30.3 Å². The highest BCUT2D eigenvalue weighted by molar-refractivity contribution is 6.08.